The number of carbonyl (C=O) groups is 1. The van der Waals surface area contributed by atoms with Crippen LogP contribution in [0.25, 0.3) is 0 Å². The Morgan fingerprint density at radius 3 is 2.42 bits per heavy atom. The van der Waals surface area contributed by atoms with Gasteiger partial charge in [-0.3, -0.25) is 4.79 Å². The molecule has 19 heavy (non-hydrogen) atoms. The van der Waals surface area contributed by atoms with Gasteiger partial charge in [0.15, 0.2) is 0 Å². The third-order valence-electron chi connectivity index (χ3n) is 3.42. The largest absolute Gasteiger partial charge is 0.397 e. The number of nitrogens with zero attached hydrogens (tertiary/aromatic N) is 2. The topological polar surface area (TPSA) is 49.6 Å². The van der Waals surface area contributed by atoms with Gasteiger partial charge in [0.05, 0.1) is 16.4 Å². The zero-order chi connectivity index (χ0) is 14.0. The number of nitrogen functional groups attached to an aromatic ring is 1. The Labute approximate surface area is 119 Å². The van der Waals surface area contributed by atoms with E-state index < -0.39 is 0 Å². The second kappa shape index (κ2) is 5.70. The third kappa shape index (κ3) is 2.95. The van der Waals surface area contributed by atoms with Gasteiger partial charge in [0.25, 0.3) is 0 Å². The number of rotatable bonds is 2. The number of nitrogens with two attached hydrogens (primary N) is 1. The van der Waals surface area contributed by atoms with Gasteiger partial charge in [0.2, 0.25) is 5.91 Å². The maximum atomic E-state index is 11.9. The molecule has 4 nitrogen and oxygen atoms in total. The lowest BCUT2D eigenvalue weighted by Gasteiger charge is -2.37. The summed E-state index contributed by atoms with van der Waals surface area (Å²) in [6.07, 6.45) is 0. The Morgan fingerprint density at radius 2 is 1.89 bits per heavy atom. The van der Waals surface area contributed by atoms with Crippen molar-refractivity contribution in [3.8, 4) is 0 Å². The number of carbonyl (C=O) groups excluding carboxylic acids is 1. The Bertz CT molecular complexity index is 448. The fourth-order valence-electron chi connectivity index (χ4n) is 2.38. The Kier molecular flexibility index (Phi) is 4.20. The highest BCUT2D eigenvalue weighted by Gasteiger charge is 2.24. The first-order chi connectivity index (χ1) is 9.00. The highest BCUT2D eigenvalue weighted by Crippen LogP contribution is 2.32. The van der Waals surface area contributed by atoms with Crippen LogP contribution < -0.4 is 10.6 Å². The first-order valence-corrected chi connectivity index (χ1v) is 6.96. The summed E-state index contributed by atoms with van der Waals surface area (Å²) in [5, 5.41) is 0.670. The Hall–Kier alpha value is -1.42. The molecule has 1 heterocycles. The quantitative estimate of drug-likeness (QED) is 0.846. The van der Waals surface area contributed by atoms with E-state index in [0.717, 1.165) is 31.9 Å². The summed E-state index contributed by atoms with van der Waals surface area (Å²) in [7, 11) is 0. The second-order valence-corrected chi connectivity index (χ2v) is 5.55. The minimum Gasteiger partial charge on any atom is -0.397 e. The zero-order valence-corrected chi connectivity index (χ0v) is 12.2. The summed E-state index contributed by atoms with van der Waals surface area (Å²) in [5.41, 5.74) is 7.57. The van der Waals surface area contributed by atoms with Crippen molar-refractivity contribution < 1.29 is 4.79 Å². The van der Waals surface area contributed by atoms with Gasteiger partial charge >= 0.3 is 0 Å². The molecular weight excluding hydrogens is 262 g/mol. The van der Waals surface area contributed by atoms with E-state index in [1.165, 1.54) is 0 Å². The zero-order valence-electron chi connectivity index (χ0n) is 11.4. The van der Waals surface area contributed by atoms with Gasteiger partial charge in [-0.15, -0.1) is 0 Å². The predicted octanol–water partition coefficient (Wildman–Crippen LogP) is 2.23. The number of halogens is 1. The van der Waals surface area contributed by atoms with E-state index in [4.69, 9.17) is 17.3 Å². The van der Waals surface area contributed by atoms with Gasteiger partial charge < -0.3 is 15.5 Å². The molecule has 1 saturated heterocycles. The van der Waals surface area contributed by atoms with E-state index in [2.05, 4.69) is 4.90 Å². The maximum Gasteiger partial charge on any atom is 0.225 e. The maximum absolute atomic E-state index is 11.9. The molecule has 1 aromatic carbocycles. The molecule has 2 N–H and O–H groups in total. The summed E-state index contributed by atoms with van der Waals surface area (Å²) in [6.45, 7) is 6.85. The predicted molar refractivity (Wildman–Crippen MR) is 79.5 cm³/mol. The summed E-state index contributed by atoms with van der Waals surface area (Å²) >= 11 is 6.21. The van der Waals surface area contributed by atoms with Crippen LogP contribution in [0.1, 0.15) is 13.8 Å². The number of piperazine rings is 1. The van der Waals surface area contributed by atoms with Crippen LogP contribution in [0.4, 0.5) is 11.4 Å². The van der Waals surface area contributed by atoms with Crippen molar-refractivity contribution in [2.45, 2.75) is 13.8 Å². The highest BCUT2D eigenvalue weighted by molar-refractivity contribution is 6.34. The van der Waals surface area contributed by atoms with Crippen LogP contribution in [0.15, 0.2) is 18.2 Å². The van der Waals surface area contributed by atoms with Crippen LogP contribution in [-0.2, 0) is 4.79 Å². The second-order valence-electron chi connectivity index (χ2n) is 5.14. The molecule has 0 spiro atoms. The van der Waals surface area contributed by atoms with Crippen molar-refractivity contribution >= 4 is 28.9 Å². The summed E-state index contributed by atoms with van der Waals surface area (Å²) in [5.74, 6) is 0.267. The minimum atomic E-state index is 0.0527. The minimum absolute atomic E-state index is 0.0527. The standard InChI is InChI=1S/C14H20ClN3O/c1-10(2)14(19)18-8-6-17(7-9-18)13-11(15)4-3-5-12(13)16/h3-5,10H,6-9,16H2,1-2H3. The van der Waals surface area contributed by atoms with Crippen LogP contribution >= 0.6 is 11.6 Å². The van der Waals surface area contributed by atoms with Crippen LogP contribution in [0, 0.1) is 5.92 Å². The molecular formula is C14H20ClN3O. The summed E-state index contributed by atoms with van der Waals surface area (Å²) in [6, 6.07) is 5.55. The molecule has 1 aromatic rings. The van der Waals surface area contributed by atoms with Gasteiger partial charge in [0, 0.05) is 32.1 Å². The van der Waals surface area contributed by atoms with Crippen LogP contribution in [0.5, 0.6) is 0 Å². The van der Waals surface area contributed by atoms with Crippen LogP contribution in [0.3, 0.4) is 0 Å². The molecule has 0 atom stereocenters. The first-order valence-electron chi connectivity index (χ1n) is 6.58. The van der Waals surface area contributed by atoms with Crippen molar-refractivity contribution in [1.29, 1.82) is 0 Å². The van der Waals surface area contributed by atoms with Gasteiger partial charge in [-0.05, 0) is 12.1 Å². The van der Waals surface area contributed by atoms with Crippen molar-refractivity contribution in [2.24, 2.45) is 5.92 Å². The monoisotopic (exact) mass is 281 g/mol. The Balaban J connectivity index is 2.06. The molecule has 1 fully saturated rings. The fourth-order valence-corrected chi connectivity index (χ4v) is 2.68. The van der Waals surface area contributed by atoms with E-state index in [9.17, 15) is 4.79 Å². The lowest BCUT2D eigenvalue weighted by Crippen LogP contribution is -2.50. The summed E-state index contributed by atoms with van der Waals surface area (Å²) < 4.78 is 0. The molecule has 104 valence electrons. The first kappa shape index (κ1) is 14.0. The molecule has 1 aliphatic heterocycles. The number of anilines is 2. The van der Waals surface area contributed by atoms with Gasteiger partial charge in [-0.1, -0.05) is 31.5 Å². The average Bonchev–Trinajstić information content (AvgIpc) is 2.38. The molecule has 2 rings (SSSR count). The molecule has 1 aliphatic rings. The third-order valence-corrected chi connectivity index (χ3v) is 3.72. The molecule has 0 aromatic heterocycles. The normalized spacial score (nSPS) is 16.0. The number of benzene rings is 1. The van der Waals surface area contributed by atoms with Gasteiger partial charge in [-0.2, -0.15) is 0 Å². The smallest absolute Gasteiger partial charge is 0.225 e. The molecule has 0 bridgehead atoms. The number of amides is 1. The van der Waals surface area contributed by atoms with E-state index in [1.54, 1.807) is 0 Å². The fraction of sp³-hybridized carbons (Fsp3) is 0.500. The van der Waals surface area contributed by atoms with Gasteiger partial charge in [0.1, 0.15) is 0 Å². The van der Waals surface area contributed by atoms with Gasteiger partial charge in [-0.25, -0.2) is 0 Å². The van der Waals surface area contributed by atoms with Crippen LogP contribution in [-0.4, -0.2) is 37.0 Å². The van der Waals surface area contributed by atoms with Crippen molar-refractivity contribution in [3.05, 3.63) is 23.2 Å². The lowest BCUT2D eigenvalue weighted by atomic mass is 10.1. The van der Waals surface area contributed by atoms with Crippen molar-refractivity contribution in [2.75, 3.05) is 36.8 Å². The van der Waals surface area contributed by atoms with Crippen LogP contribution in [0.2, 0.25) is 5.02 Å². The van der Waals surface area contributed by atoms with E-state index >= 15 is 0 Å². The highest BCUT2D eigenvalue weighted by atomic mass is 35.5. The molecule has 0 saturated carbocycles. The molecule has 1 amide bonds. The van der Waals surface area contributed by atoms with Crippen molar-refractivity contribution in [3.63, 3.8) is 0 Å². The summed E-state index contributed by atoms with van der Waals surface area (Å²) in [4.78, 5) is 16.0. The Morgan fingerprint density at radius 1 is 1.26 bits per heavy atom. The van der Waals surface area contributed by atoms with E-state index in [1.807, 2.05) is 36.9 Å². The number of hydrogen-bond donors (Lipinski definition) is 1. The molecule has 5 heteroatoms. The molecule has 0 unspecified atom stereocenters. The number of hydrogen-bond acceptors (Lipinski definition) is 3. The van der Waals surface area contributed by atoms with E-state index in [0.29, 0.717) is 10.7 Å². The van der Waals surface area contributed by atoms with E-state index in [-0.39, 0.29) is 11.8 Å². The van der Waals surface area contributed by atoms with Crippen molar-refractivity contribution in [1.82, 2.24) is 4.90 Å². The molecule has 0 radical (unpaired) electrons. The SMILES string of the molecule is CC(C)C(=O)N1CCN(c2c(N)cccc2Cl)CC1. The average molecular weight is 282 g/mol. The molecule has 0 aliphatic carbocycles. The number of para-hydroxylation sites is 1. The lowest BCUT2D eigenvalue weighted by molar-refractivity contribution is -0.134.